The van der Waals surface area contributed by atoms with Crippen LogP contribution in [0.2, 0.25) is 0 Å². The van der Waals surface area contributed by atoms with Gasteiger partial charge in [-0.15, -0.1) is 0 Å². The van der Waals surface area contributed by atoms with Gasteiger partial charge in [0.05, 0.1) is 16.7 Å². The molecule has 8 aromatic carbocycles. The molecule has 63 heavy (non-hydrogen) atoms. The third-order valence-electron chi connectivity index (χ3n) is 11.5. The number of aromatic nitrogens is 4. The molecule has 300 valence electrons. The van der Waals surface area contributed by atoms with Gasteiger partial charge >= 0.3 is 0 Å². The van der Waals surface area contributed by atoms with Crippen molar-refractivity contribution in [2.45, 2.75) is 6.92 Å². The Hall–Kier alpha value is -8.62. The molecule has 0 amide bonds. The van der Waals surface area contributed by atoms with Gasteiger partial charge in [-0.3, -0.25) is 5.41 Å². The molecule has 8 nitrogen and oxygen atoms in total. The molecule has 0 radical (unpaired) electrons. The van der Waals surface area contributed by atoms with Crippen LogP contribution in [0.25, 0.3) is 94.6 Å². The molecule has 0 aliphatic heterocycles. The Balaban J connectivity index is 0.000000141. The number of furan rings is 2. The molecule has 0 fully saturated rings. The van der Waals surface area contributed by atoms with Gasteiger partial charge in [0.25, 0.3) is 0 Å². The van der Waals surface area contributed by atoms with Crippen molar-refractivity contribution in [1.29, 1.82) is 5.41 Å². The lowest BCUT2D eigenvalue weighted by molar-refractivity contribution is 0.606. The third-order valence-corrected chi connectivity index (χ3v) is 11.5. The van der Waals surface area contributed by atoms with E-state index in [0.29, 0.717) is 34.5 Å². The Morgan fingerprint density at radius 1 is 0.492 bits per heavy atom. The minimum absolute atomic E-state index is 0.278. The number of rotatable bonds is 6. The molecule has 0 saturated heterocycles. The molecule has 0 bridgehead atoms. The summed E-state index contributed by atoms with van der Waals surface area (Å²) < 4.78 is 14.3. The topological polar surface area (TPSA) is 120 Å². The van der Waals surface area contributed by atoms with Crippen molar-refractivity contribution >= 4 is 66.1 Å². The monoisotopic (exact) mass is 814 g/mol. The minimum atomic E-state index is 0.278. The number of aryl methyl sites for hydroxylation is 1. The molecule has 12 aromatic rings. The molecule has 0 spiro atoms. The van der Waals surface area contributed by atoms with E-state index in [1.807, 2.05) is 133 Å². The quantitative estimate of drug-likeness (QED) is 0.161. The van der Waals surface area contributed by atoms with E-state index in [9.17, 15) is 0 Å². The van der Waals surface area contributed by atoms with Gasteiger partial charge < -0.3 is 19.1 Å². The number of fused-ring (bicyclic) bond motifs is 7. The first kappa shape index (κ1) is 37.4. The number of benzene rings is 8. The van der Waals surface area contributed by atoms with Gasteiger partial charge in [-0.05, 0) is 61.0 Å². The molecule has 3 N–H and O–H groups in total. The Morgan fingerprint density at radius 2 is 1.05 bits per heavy atom. The smallest absolute Gasteiger partial charge is 0.176 e. The zero-order valence-electron chi connectivity index (χ0n) is 34.2. The van der Waals surface area contributed by atoms with E-state index in [0.717, 1.165) is 77.2 Å². The van der Waals surface area contributed by atoms with Crippen molar-refractivity contribution in [3.05, 3.63) is 211 Å². The van der Waals surface area contributed by atoms with Crippen molar-refractivity contribution < 1.29 is 8.83 Å². The number of nitrogens with zero attached hydrogens (tertiary/aromatic N) is 4. The SMILES string of the molecule is Cc1cccc2oc3cccc(-c4nc(-c5ccccc5)nc(-c5ccccc5)n4)c3c12.N=C(c1ccc2c3ccccc3n(-c3ccccc3)c2c1)c1oc2ccccc2c1N. The maximum atomic E-state index is 8.85. The number of anilines is 1. The lowest BCUT2D eigenvalue weighted by Gasteiger charge is -2.09. The van der Waals surface area contributed by atoms with Gasteiger partial charge in [-0.25, -0.2) is 15.0 Å². The maximum Gasteiger partial charge on any atom is 0.176 e. The van der Waals surface area contributed by atoms with Crippen LogP contribution >= 0.6 is 0 Å². The first-order chi connectivity index (χ1) is 31.0. The number of nitrogen functional groups attached to an aromatic ring is 1. The number of hydrogen-bond acceptors (Lipinski definition) is 7. The summed E-state index contributed by atoms with van der Waals surface area (Å²) in [7, 11) is 0. The van der Waals surface area contributed by atoms with E-state index >= 15 is 0 Å². The Labute approximate surface area is 362 Å². The highest BCUT2D eigenvalue weighted by Crippen LogP contribution is 2.39. The average Bonchev–Trinajstić information content (AvgIpc) is 4.01. The molecule has 0 aliphatic carbocycles. The molecule has 0 aliphatic rings. The predicted octanol–water partition coefficient (Wildman–Crippen LogP) is 13.6. The van der Waals surface area contributed by atoms with Crippen LogP contribution < -0.4 is 5.73 Å². The molecule has 0 saturated carbocycles. The highest BCUT2D eigenvalue weighted by atomic mass is 16.3. The summed E-state index contributed by atoms with van der Waals surface area (Å²) in [5.41, 5.74) is 17.5. The van der Waals surface area contributed by atoms with Crippen molar-refractivity contribution in [3.8, 4) is 39.9 Å². The molecule has 12 rings (SSSR count). The van der Waals surface area contributed by atoms with Crippen LogP contribution in [0.15, 0.2) is 203 Å². The lowest BCUT2D eigenvalue weighted by atomic mass is 10.0. The van der Waals surface area contributed by atoms with Crippen LogP contribution in [0.4, 0.5) is 5.69 Å². The van der Waals surface area contributed by atoms with Gasteiger partial charge in [0, 0.05) is 54.9 Å². The first-order valence-electron chi connectivity index (χ1n) is 20.7. The van der Waals surface area contributed by atoms with E-state index in [2.05, 4.69) is 72.2 Å². The molecule has 4 aromatic heterocycles. The summed E-state index contributed by atoms with van der Waals surface area (Å²) in [6.45, 7) is 2.10. The van der Waals surface area contributed by atoms with Gasteiger partial charge in [0.15, 0.2) is 23.2 Å². The second-order valence-electron chi connectivity index (χ2n) is 15.4. The lowest BCUT2D eigenvalue weighted by Crippen LogP contribution is -2.03. The molecule has 4 heterocycles. The maximum absolute atomic E-state index is 8.85. The Bertz CT molecular complexity index is 3610. The van der Waals surface area contributed by atoms with E-state index in [4.69, 9.17) is 34.9 Å². The minimum Gasteiger partial charge on any atom is -0.456 e. The van der Waals surface area contributed by atoms with Gasteiger partial charge in [-0.1, -0.05) is 146 Å². The van der Waals surface area contributed by atoms with Gasteiger partial charge in [-0.2, -0.15) is 0 Å². The van der Waals surface area contributed by atoms with Gasteiger partial charge in [0.1, 0.15) is 22.5 Å². The van der Waals surface area contributed by atoms with Crippen LogP contribution in [0.1, 0.15) is 16.9 Å². The van der Waals surface area contributed by atoms with E-state index < -0.39 is 0 Å². The van der Waals surface area contributed by atoms with Gasteiger partial charge in [0.2, 0.25) is 0 Å². The first-order valence-corrected chi connectivity index (χ1v) is 20.7. The molecule has 0 unspecified atom stereocenters. The summed E-state index contributed by atoms with van der Waals surface area (Å²) in [6.07, 6.45) is 0. The molecule has 8 heteroatoms. The summed E-state index contributed by atoms with van der Waals surface area (Å²) in [4.78, 5) is 14.6. The van der Waals surface area contributed by atoms with Crippen LogP contribution in [0.5, 0.6) is 0 Å². The van der Waals surface area contributed by atoms with E-state index in [-0.39, 0.29) is 5.71 Å². The number of hydrogen-bond donors (Lipinski definition) is 2. The van der Waals surface area contributed by atoms with Crippen molar-refractivity contribution in [1.82, 2.24) is 19.5 Å². The normalized spacial score (nSPS) is 11.4. The van der Waals surface area contributed by atoms with Crippen LogP contribution in [-0.2, 0) is 0 Å². The highest BCUT2D eigenvalue weighted by molar-refractivity contribution is 6.18. The summed E-state index contributed by atoms with van der Waals surface area (Å²) in [5, 5.41) is 14.1. The largest absolute Gasteiger partial charge is 0.456 e. The average molecular weight is 815 g/mol. The van der Waals surface area contributed by atoms with Crippen molar-refractivity contribution in [2.75, 3.05) is 5.73 Å². The zero-order valence-corrected chi connectivity index (χ0v) is 34.2. The zero-order chi connectivity index (χ0) is 42.4. The summed E-state index contributed by atoms with van der Waals surface area (Å²) >= 11 is 0. The number of nitrogens with two attached hydrogens (primary N) is 1. The van der Waals surface area contributed by atoms with E-state index in [1.54, 1.807) is 0 Å². The van der Waals surface area contributed by atoms with Crippen LogP contribution in [0, 0.1) is 12.3 Å². The number of para-hydroxylation sites is 3. The number of nitrogens with one attached hydrogen (secondary N) is 1. The Morgan fingerprint density at radius 3 is 1.75 bits per heavy atom. The fourth-order valence-electron chi connectivity index (χ4n) is 8.52. The van der Waals surface area contributed by atoms with Crippen molar-refractivity contribution in [2.24, 2.45) is 0 Å². The fraction of sp³-hybridized carbons (Fsp3) is 0.0182. The molecule has 0 atom stereocenters. The van der Waals surface area contributed by atoms with Crippen molar-refractivity contribution in [3.63, 3.8) is 0 Å². The van der Waals surface area contributed by atoms with Crippen LogP contribution in [0.3, 0.4) is 0 Å². The summed E-state index contributed by atoms with van der Waals surface area (Å²) in [5.74, 6) is 2.34. The van der Waals surface area contributed by atoms with E-state index in [1.165, 1.54) is 5.39 Å². The van der Waals surface area contributed by atoms with Crippen LogP contribution in [-0.4, -0.2) is 25.2 Å². The molecular formula is C55H38N6O2. The summed E-state index contributed by atoms with van der Waals surface area (Å²) in [6, 6.07) is 64.6. The fourth-order valence-corrected chi connectivity index (χ4v) is 8.52. The standard InChI is InChI=1S/C28H19N3O.C27H19N3O/c1-18-10-8-16-22-24(18)25-21(15-9-17-23(25)32-22)28-30-26(19-11-4-2-5-12-19)29-27(31-28)20-13-6-3-7-14-20;28-25(27-26(29)21-11-5-7-13-24(21)31-27)17-14-15-20-19-10-4-6-12-22(19)30(23(20)16-17)18-8-2-1-3-9-18/h2-17H,1H3;1-16,28H,29H2. The second kappa shape index (κ2) is 15.4. The Kier molecular flexibility index (Phi) is 9.16. The highest BCUT2D eigenvalue weighted by Gasteiger charge is 2.21. The second-order valence-corrected chi connectivity index (χ2v) is 15.4. The predicted molar refractivity (Wildman–Crippen MR) is 255 cm³/mol. The molecular weight excluding hydrogens is 777 g/mol. The third kappa shape index (κ3) is 6.58.